The van der Waals surface area contributed by atoms with Crippen LogP contribution in [0.1, 0.15) is 52.4 Å². The molecule has 0 saturated heterocycles. The summed E-state index contributed by atoms with van der Waals surface area (Å²) in [4.78, 5) is 34.1. The van der Waals surface area contributed by atoms with Gasteiger partial charge in [0, 0.05) is 17.2 Å². The number of esters is 1. The molecule has 1 aliphatic rings. The highest BCUT2D eigenvalue weighted by Gasteiger charge is 2.22. The lowest BCUT2D eigenvalue weighted by atomic mass is 9.95. The van der Waals surface area contributed by atoms with Gasteiger partial charge in [0.2, 0.25) is 0 Å². The highest BCUT2D eigenvalue weighted by atomic mass is 32.2. The summed E-state index contributed by atoms with van der Waals surface area (Å²) in [5, 5.41) is 3.67. The standard InChI is InChI=1S/C25H45NO9S/c1-3-21(20-27)19-24(28)34-17-15-32-13-11-30-9-10-31-12-14-33-16-18-35-25(29)26-22-5-7-23(8-6-22)36-4-2/h20-23H,3-19H2,1-2H3,(H,26,29). The molecule has 10 nitrogen and oxygen atoms in total. The Hall–Kier alpha value is -1.40. The molecule has 0 heterocycles. The number of hydrogen-bond acceptors (Lipinski definition) is 10. The molecule has 0 aromatic heterocycles. The van der Waals surface area contributed by atoms with Crippen molar-refractivity contribution < 1.29 is 42.8 Å². The van der Waals surface area contributed by atoms with E-state index in [4.69, 9.17) is 28.4 Å². The lowest BCUT2D eigenvalue weighted by molar-refractivity contribution is -0.147. The average Bonchev–Trinajstić information content (AvgIpc) is 2.88. The molecular formula is C25H45NO9S. The first kappa shape index (κ1) is 32.6. The molecule has 1 amide bonds. The van der Waals surface area contributed by atoms with E-state index in [0.717, 1.165) is 43.0 Å². The minimum Gasteiger partial charge on any atom is -0.463 e. The van der Waals surface area contributed by atoms with E-state index in [2.05, 4.69) is 12.2 Å². The summed E-state index contributed by atoms with van der Waals surface area (Å²) < 4.78 is 31.7. The van der Waals surface area contributed by atoms with Crippen LogP contribution in [0.2, 0.25) is 0 Å². The summed E-state index contributed by atoms with van der Waals surface area (Å²) in [6.45, 7) is 7.54. The van der Waals surface area contributed by atoms with Crippen molar-refractivity contribution >= 4 is 30.1 Å². The Balaban J connectivity index is 1.78. The first-order valence-corrected chi connectivity index (χ1v) is 14.1. The van der Waals surface area contributed by atoms with Gasteiger partial charge in [-0.1, -0.05) is 13.8 Å². The Morgan fingerprint density at radius 2 is 1.31 bits per heavy atom. The van der Waals surface area contributed by atoms with Crippen LogP contribution in [0, 0.1) is 5.92 Å². The van der Waals surface area contributed by atoms with Crippen molar-refractivity contribution in [1.82, 2.24) is 5.32 Å². The van der Waals surface area contributed by atoms with E-state index in [1.807, 2.05) is 18.7 Å². The number of amides is 1. The maximum Gasteiger partial charge on any atom is 0.407 e. The smallest absolute Gasteiger partial charge is 0.407 e. The molecule has 0 aromatic rings. The van der Waals surface area contributed by atoms with Crippen LogP contribution in [0.5, 0.6) is 0 Å². The lowest BCUT2D eigenvalue weighted by Gasteiger charge is -2.28. The van der Waals surface area contributed by atoms with Gasteiger partial charge < -0.3 is 38.5 Å². The minimum atomic E-state index is -0.387. The summed E-state index contributed by atoms with van der Waals surface area (Å²) in [7, 11) is 0. The second kappa shape index (κ2) is 22.8. The molecule has 1 fully saturated rings. The van der Waals surface area contributed by atoms with Crippen molar-refractivity contribution in [1.29, 1.82) is 0 Å². The van der Waals surface area contributed by atoms with Crippen LogP contribution in [0.25, 0.3) is 0 Å². The summed E-state index contributed by atoms with van der Waals surface area (Å²) in [6.07, 6.45) is 5.46. The van der Waals surface area contributed by atoms with Gasteiger partial charge in [-0.15, -0.1) is 0 Å². The van der Waals surface area contributed by atoms with Crippen LogP contribution in [0.15, 0.2) is 0 Å². The maximum absolute atomic E-state index is 11.9. The highest BCUT2D eigenvalue weighted by Crippen LogP contribution is 2.28. The molecular weight excluding hydrogens is 490 g/mol. The van der Waals surface area contributed by atoms with Crippen LogP contribution in [0.4, 0.5) is 4.79 Å². The molecule has 0 aliphatic heterocycles. The fourth-order valence-corrected chi connectivity index (χ4v) is 4.63. The lowest BCUT2D eigenvalue weighted by Crippen LogP contribution is -2.38. The molecule has 1 saturated carbocycles. The van der Waals surface area contributed by atoms with E-state index in [0.29, 0.717) is 52.7 Å². The molecule has 1 unspecified atom stereocenters. The van der Waals surface area contributed by atoms with Gasteiger partial charge in [0.1, 0.15) is 19.5 Å². The topological polar surface area (TPSA) is 119 Å². The van der Waals surface area contributed by atoms with Gasteiger partial charge in [0.15, 0.2) is 0 Å². The van der Waals surface area contributed by atoms with Gasteiger partial charge in [-0.3, -0.25) is 4.79 Å². The van der Waals surface area contributed by atoms with Crippen molar-refractivity contribution in [3.63, 3.8) is 0 Å². The molecule has 1 aliphatic carbocycles. The van der Waals surface area contributed by atoms with Gasteiger partial charge in [-0.2, -0.15) is 11.8 Å². The number of alkyl carbamates (subject to hydrolysis) is 1. The monoisotopic (exact) mass is 535 g/mol. The van der Waals surface area contributed by atoms with Crippen LogP contribution in [-0.2, 0) is 38.0 Å². The number of rotatable bonds is 22. The predicted molar refractivity (Wildman–Crippen MR) is 137 cm³/mol. The molecule has 0 bridgehead atoms. The fraction of sp³-hybridized carbons (Fsp3) is 0.880. The zero-order valence-corrected chi connectivity index (χ0v) is 22.7. The largest absolute Gasteiger partial charge is 0.463 e. The number of hydrogen-bond donors (Lipinski definition) is 1. The molecule has 11 heteroatoms. The highest BCUT2D eigenvalue weighted by molar-refractivity contribution is 7.99. The molecule has 0 spiro atoms. The van der Waals surface area contributed by atoms with Crippen molar-refractivity contribution in [2.45, 2.75) is 63.7 Å². The number of ether oxygens (including phenoxy) is 6. The number of aldehydes is 1. The molecule has 1 N–H and O–H groups in total. The van der Waals surface area contributed by atoms with Crippen molar-refractivity contribution in [2.24, 2.45) is 5.92 Å². The van der Waals surface area contributed by atoms with Crippen molar-refractivity contribution in [2.75, 3.05) is 71.8 Å². The number of carbonyl (C=O) groups excluding carboxylic acids is 3. The van der Waals surface area contributed by atoms with Crippen LogP contribution in [0.3, 0.4) is 0 Å². The number of nitrogens with one attached hydrogen (secondary N) is 1. The third-order valence-electron chi connectivity index (χ3n) is 5.61. The van der Waals surface area contributed by atoms with Crippen LogP contribution in [-0.4, -0.2) is 101 Å². The van der Waals surface area contributed by atoms with E-state index >= 15 is 0 Å². The molecule has 0 aromatic carbocycles. The Labute approximate surface area is 219 Å². The van der Waals surface area contributed by atoms with Crippen molar-refractivity contribution in [3.05, 3.63) is 0 Å². The zero-order valence-electron chi connectivity index (χ0n) is 21.9. The second-order valence-corrected chi connectivity index (χ2v) is 9.97. The van der Waals surface area contributed by atoms with Gasteiger partial charge >= 0.3 is 12.1 Å². The van der Waals surface area contributed by atoms with Gasteiger partial charge in [0.05, 0.1) is 59.3 Å². The molecule has 210 valence electrons. The maximum atomic E-state index is 11.9. The van der Waals surface area contributed by atoms with E-state index in [1.165, 1.54) is 0 Å². The Bertz CT molecular complexity index is 574. The van der Waals surface area contributed by atoms with Crippen molar-refractivity contribution in [3.8, 4) is 0 Å². The van der Waals surface area contributed by atoms with Crippen LogP contribution >= 0.6 is 11.8 Å². The third kappa shape index (κ3) is 17.9. The SMILES string of the molecule is CCSC1CCC(NC(=O)OCCOCCOCCOCCOCCOC(=O)CC(C=O)CC)CC1. The predicted octanol–water partition coefficient (Wildman–Crippen LogP) is 3.00. The quantitative estimate of drug-likeness (QED) is 0.126. The normalized spacial score (nSPS) is 18.4. The van der Waals surface area contributed by atoms with E-state index in [1.54, 1.807) is 0 Å². The van der Waals surface area contributed by atoms with E-state index in [-0.39, 0.29) is 50.3 Å². The molecule has 0 radical (unpaired) electrons. The molecule has 1 atom stereocenters. The first-order chi connectivity index (χ1) is 17.6. The summed E-state index contributed by atoms with van der Waals surface area (Å²) in [5.74, 6) is 0.479. The summed E-state index contributed by atoms with van der Waals surface area (Å²) >= 11 is 2.01. The van der Waals surface area contributed by atoms with Gasteiger partial charge in [0.25, 0.3) is 0 Å². The fourth-order valence-electron chi connectivity index (χ4n) is 3.55. The minimum absolute atomic E-state index is 0.110. The first-order valence-electron chi connectivity index (χ1n) is 13.1. The van der Waals surface area contributed by atoms with Gasteiger partial charge in [-0.25, -0.2) is 4.79 Å². The van der Waals surface area contributed by atoms with E-state index in [9.17, 15) is 14.4 Å². The van der Waals surface area contributed by atoms with Gasteiger partial charge in [-0.05, 0) is 37.9 Å². The Morgan fingerprint density at radius 1 is 0.806 bits per heavy atom. The molecule has 36 heavy (non-hydrogen) atoms. The Morgan fingerprint density at radius 3 is 1.78 bits per heavy atom. The second-order valence-electron chi connectivity index (χ2n) is 8.39. The number of carbonyl (C=O) groups is 3. The summed E-state index contributed by atoms with van der Waals surface area (Å²) in [6, 6.07) is 0.215. The van der Waals surface area contributed by atoms with Crippen LogP contribution < -0.4 is 5.32 Å². The third-order valence-corrected chi connectivity index (χ3v) is 6.89. The average molecular weight is 536 g/mol. The Kier molecular flexibility index (Phi) is 20.6. The zero-order chi connectivity index (χ0) is 26.3. The van der Waals surface area contributed by atoms with E-state index < -0.39 is 0 Å². The molecule has 1 rings (SSSR count). The number of thioether (sulfide) groups is 1. The summed E-state index contributed by atoms with van der Waals surface area (Å²) in [5.41, 5.74) is 0.